The molecule has 0 saturated carbocycles. The molecule has 0 unspecified atom stereocenters. The molecule has 0 amide bonds. The van der Waals surface area contributed by atoms with E-state index >= 15 is 0 Å². The molecule has 0 atom stereocenters. The predicted octanol–water partition coefficient (Wildman–Crippen LogP) is 4.64. The minimum Gasteiger partial charge on any atom is -0.358 e. The maximum atomic E-state index is 2.31. The number of aryl methyl sites for hydroxylation is 3. The van der Waals surface area contributed by atoms with Crippen molar-refractivity contribution in [2.45, 2.75) is 27.2 Å². The number of hydrogen-bond donors (Lipinski definition) is 0. The summed E-state index contributed by atoms with van der Waals surface area (Å²) in [6.07, 6.45) is 1.13. The topological polar surface area (TPSA) is 0 Å². The smallest absolute Gasteiger partial charge is 0 e. The van der Waals surface area contributed by atoms with E-state index in [1.165, 1.54) is 27.5 Å². The molecule has 0 aliphatic heterocycles. The Morgan fingerprint density at radius 2 is 1.62 bits per heavy atom. The van der Waals surface area contributed by atoms with Crippen molar-refractivity contribution in [3.05, 3.63) is 55.8 Å². The van der Waals surface area contributed by atoms with Crippen molar-refractivity contribution in [2.24, 2.45) is 0 Å². The van der Waals surface area contributed by atoms with Gasteiger partial charge in [-0.1, -0.05) is 24.5 Å². The molecule has 0 N–H and O–H groups in total. The summed E-state index contributed by atoms with van der Waals surface area (Å²) in [7, 11) is 0. The number of hydrogen-bond acceptors (Lipinski definition) is 0. The fraction of sp³-hybridized carbons (Fsp3) is 0.267. The van der Waals surface area contributed by atoms with Gasteiger partial charge in [0.2, 0.25) is 0 Å². The maximum Gasteiger partial charge on any atom is 0 e. The summed E-state index contributed by atoms with van der Waals surface area (Å²) >= 11 is 0. The third kappa shape index (κ3) is 3.10. The van der Waals surface area contributed by atoms with Crippen molar-refractivity contribution in [2.75, 3.05) is 0 Å². The fourth-order valence-electron chi connectivity index (χ4n) is 1.84. The second-order valence-corrected chi connectivity index (χ2v) is 3.74. The summed E-state index contributed by atoms with van der Waals surface area (Å²) in [6.45, 7) is 6.57. The molecule has 16 heavy (non-hydrogen) atoms. The first-order chi connectivity index (χ1) is 6.22. The molecule has 88 valence electrons. The van der Waals surface area contributed by atoms with Gasteiger partial charge in [-0.15, -0.1) is 34.5 Å². The molecule has 1 heteroatoms. The van der Waals surface area contributed by atoms with Gasteiger partial charge in [-0.3, -0.25) is 0 Å². The van der Waals surface area contributed by atoms with Crippen molar-refractivity contribution >= 4 is 10.8 Å². The predicted molar refractivity (Wildman–Crippen MR) is 71.2 cm³/mol. The quantitative estimate of drug-likeness (QED) is 0.500. The summed E-state index contributed by atoms with van der Waals surface area (Å²) in [5, 5.41) is 2.82. The van der Waals surface area contributed by atoms with E-state index in [9.17, 15) is 0 Å². The van der Waals surface area contributed by atoms with E-state index in [2.05, 4.69) is 45.0 Å². The van der Waals surface area contributed by atoms with Gasteiger partial charge >= 0.3 is 0 Å². The largest absolute Gasteiger partial charge is 0.358 e. The van der Waals surface area contributed by atoms with E-state index in [4.69, 9.17) is 0 Å². The van der Waals surface area contributed by atoms with E-state index in [-0.39, 0.29) is 40.7 Å². The Balaban J connectivity index is 0. The van der Waals surface area contributed by atoms with Gasteiger partial charge in [-0.25, -0.2) is 0 Å². The average Bonchev–Trinajstić information content (AvgIpc) is 2.48. The Morgan fingerprint density at radius 1 is 1.06 bits per heavy atom. The van der Waals surface area contributed by atoms with E-state index in [0.29, 0.717) is 0 Å². The SMILES string of the molecule is CC[c-]1ccc2cc(C)c(C)cc21.[CH3-].[CH3-].[Hf]. The molecule has 0 aromatic heterocycles. The fourth-order valence-corrected chi connectivity index (χ4v) is 1.84. The van der Waals surface area contributed by atoms with Crippen LogP contribution < -0.4 is 0 Å². The van der Waals surface area contributed by atoms with Gasteiger partial charge < -0.3 is 14.9 Å². The molecule has 2 rings (SSSR count). The Kier molecular flexibility index (Phi) is 8.03. The third-order valence-electron chi connectivity index (χ3n) is 2.86. The molecular weight excluding hydrogens is 359 g/mol. The van der Waals surface area contributed by atoms with Crippen LogP contribution in [-0.4, -0.2) is 0 Å². The van der Waals surface area contributed by atoms with Crippen LogP contribution in [-0.2, 0) is 32.3 Å². The zero-order valence-corrected chi connectivity index (χ0v) is 14.6. The monoisotopic (exact) mass is 381 g/mol. The molecule has 0 aliphatic rings. The second kappa shape index (κ2) is 7.11. The normalized spacial score (nSPS) is 8.94. The molecule has 0 radical (unpaired) electrons. The van der Waals surface area contributed by atoms with Gasteiger partial charge in [0.05, 0.1) is 0 Å². The van der Waals surface area contributed by atoms with Crippen LogP contribution in [0.5, 0.6) is 0 Å². The van der Waals surface area contributed by atoms with Crippen LogP contribution in [0, 0.1) is 28.7 Å². The van der Waals surface area contributed by atoms with E-state index in [1.807, 2.05) is 0 Å². The molecule has 2 aromatic rings. The minimum absolute atomic E-state index is 0. The van der Waals surface area contributed by atoms with Crippen molar-refractivity contribution in [3.63, 3.8) is 0 Å². The first-order valence-corrected chi connectivity index (χ1v) is 4.88. The second-order valence-electron chi connectivity index (χ2n) is 3.74. The van der Waals surface area contributed by atoms with Gasteiger partial charge in [0.15, 0.2) is 0 Å². The molecular formula is C15H21Hf-3. The Morgan fingerprint density at radius 3 is 2.19 bits per heavy atom. The van der Waals surface area contributed by atoms with Crippen LogP contribution >= 0.6 is 0 Å². The molecule has 0 spiro atoms. The number of fused-ring (bicyclic) bond motifs is 1. The summed E-state index contributed by atoms with van der Waals surface area (Å²) in [4.78, 5) is 0. The zero-order chi connectivity index (χ0) is 9.42. The first-order valence-electron chi connectivity index (χ1n) is 4.88. The van der Waals surface area contributed by atoms with Gasteiger partial charge in [-0.2, -0.15) is 6.07 Å². The van der Waals surface area contributed by atoms with Gasteiger partial charge in [-0.05, 0) is 13.8 Å². The summed E-state index contributed by atoms with van der Waals surface area (Å²) in [5.41, 5.74) is 4.26. The van der Waals surface area contributed by atoms with E-state index in [1.54, 1.807) is 0 Å². The van der Waals surface area contributed by atoms with Gasteiger partial charge in [0, 0.05) is 25.8 Å². The van der Waals surface area contributed by atoms with E-state index in [0.717, 1.165) is 6.42 Å². The standard InChI is InChI=1S/C13H15.2CH3.Hf/c1-4-11-5-6-12-7-9(2)10(3)8-13(11)12;;;/h5-8H,4H2,1-3H3;2*1H3;/q3*-1;. The average molecular weight is 380 g/mol. The summed E-state index contributed by atoms with van der Waals surface area (Å²) < 4.78 is 0. The van der Waals surface area contributed by atoms with Gasteiger partial charge in [0.25, 0.3) is 0 Å². The third-order valence-corrected chi connectivity index (χ3v) is 2.86. The molecule has 0 fully saturated rings. The van der Waals surface area contributed by atoms with Crippen molar-refractivity contribution < 1.29 is 25.8 Å². The molecule has 0 bridgehead atoms. The Bertz CT molecular complexity index is 438. The molecule has 2 aromatic carbocycles. The van der Waals surface area contributed by atoms with Crippen LogP contribution in [0.4, 0.5) is 0 Å². The maximum absolute atomic E-state index is 2.31. The minimum atomic E-state index is 0. The Labute approximate surface area is 119 Å². The summed E-state index contributed by atoms with van der Waals surface area (Å²) in [6, 6.07) is 9.05. The van der Waals surface area contributed by atoms with E-state index < -0.39 is 0 Å². The number of rotatable bonds is 1. The van der Waals surface area contributed by atoms with Crippen molar-refractivity contribution in [1.29, 1.82) is 0 Å². The van der Waals surface area contributed by atoms with Crippen LogP contribution in [0.3, 0.4) is 0 Å². The first kappa shape index (κ1) is 18.1. The molecule has 0 heterocycles. The van der Waals surface area contributed by atoms with Gasteiger partial charge in [0.1, 0.15) is 0 Å². The molecule has 0 aliphatic carbocycles. The molecule has 0 nitrogen and oxygen atoms in total. The summed E-state index contributed by atoms with van der Waals surface area (Å²) in [5.74, 6) is 0. The Hall–Kier alpha value is -0.300. The zero-order valence-electron chi connectivity index (χ0n) is 11.0. The van der Waals surface area contributed by atoms with Crippen LogP contribution in [0.25, 0.3) is 10.8 Å². The van der Waals surface area contributed by atoms with Crippen LogP contribution in [0.2, 0.25) is 0 Å². The molecule has 0 saturated heterocycles. The van der Waals surface area contributed by atoms with Crippen molar-refractivity contribution in [1.82, 2.24) is 0 Å². The van der Waals surface area contributed by atoms with Crippen LogP contribution in [0.1, 0.15) is 23.6 Å². The number of benzene rings is 1. The van der Waals surface area contributed by atoms with Crippen molar-refractivity contribution in [3.8, 4) is 0 Å². The van der Waals surface area contributed by atoms with Crippen LogP contribution in [0.15, 0.2) is 24.3 Å².